The Balaban J connectivity index is 1.29. The van der Waals surface area contributed by atoms with Crippen molar-refractivity contribution in [3.63, 3.8) is 0 Å². The average Bonchev–Trinajstić information content (AvgIpc) is 3.87. The predicted octanol–water partition coefficient (Wildman–Crippen LogP) is 7.96. The number of ether oxygens (including phenoxy) is 2. The van der Waals surface area contributed by atoms with Crippen molar-refractivity contribution >= 4 is 22.5 Å². The largest absolute Gasteiger partial charge is 0.497 e. The van der Waals surface area contributed by atoms with Gasteiger partial charge in [0.25, 0.3) is 0 Å². The first kappa shape index (κ1) is 33.3. The van der Waals surface area contributed by atoms with Crippen LogP contribution in [0.2, 0.25) is 0 Å². The van der Waals surface area contributed by atoms with Crippen LogP contribution in [0.15, 0.2) is 146 Å². The number of anilines is 2. The molecule has 0 fully saturated rings. The highest BCUT2D eigenvalue weighted by Gasteiger charge is 2.40. The lowest BCUT2D eigenvalue weighted by molar-refractivity contribution is 0.374. The Labute approximate surface area is 305 Å². The summed E-state index contributed by atoms with van der Waals surface area (Å²) in [5, 5.41) is 9.47. The third kappa shape index (κ3) is 6.12. The van der Waals surface area contributed by atoms with Crippen molar-refractivity contribution in [3.8, 4) is 22.6 Å². The zero-order valence-electron chi connectivity index (χ0n) is 29.3. The number of hydrogen-bond donors (Lipinski definition) is 0. The maximum absolute atomic E-state index is 16.4. The van der Waals surface area contributed by atoms with Crippen LogP contribution in [-0.4, -0.2) is 48.7 Å². The first-order valence-corrected chi connectivity index (χ1v) is 17.0. The minimum absolute atomic E-state index is 0.0282. The lowest BCUT2D eigenvalue weighted by Gasteiger charge is -2.36. The minimum Gasteiger partial charge on any atom is -0.497 e. The third-order valence-corrected chi connectivity index (χ3v) is 9.33. The van der Waals surface area contributed by atoms with Gasteiger partial charge in [0.15, 0.2) is 17.4 Å². The Bertz CT molecular complexity index is 2410. The van der Waals surface area contributed by atoms with Gasteiger partial charge in [0.2, 0.25) is 0 Å². The van der Waals surface area contributed by atoms with E-state index in [1.54, 1.807) is 34.4 Å². The molecule has 0 atom stereocenters. The Hall–Kier alpha value is -6.88. The summed E-state index contributed by atoms with van der Waals surface area (Å²) in [5.74, 6) is 0.750. The minimum atomic E-state index is -0.875. The van der Waals surface area contributed by atoms with E-state index < -0.39 is 11.4 Å². The molecule has 262 valence electrons. The molecule has 0 aliphatic heterocycles. The van der Waals surface area contributed by atoms with Crippen molar-refractivity contribution in [1.29, 1.82) is 0 Å². The van der Waals surface area contributed by atoms with Gasteiger partial charge in [-0.05, 0) is 34.9 Å². The van der Waals surface area contributed by atoms with Crippen molar-refractivity contribution in [2.45, 2.75) is 12.1 Å². The van der Waals surface area contributed by atoms with Crippen LogP contribution >= 0.6 is 0 Å². The highest BCUT2D eigenvalue weighted by Crippen LogP contribution is 2.41. The fraction of sp³-hybridized carbons (Fsp3) is 0.119. The fourth-order valence-corrected chi connectivity index (χ4v) is 6.79. The molecular formula is C42H35FN8O2. The van der Waals surface area contributed by atoms with Gasteiger partial charge in [-0.25, -0.2) is 19.0 Å². The molecule has 4 aromatic heterocycles. The van der Waals surface area contributed by atoms with E-state index in [0.29, 0.717) is 28.4 Å². The van der Waals surface area contributed by atoms with Gasteiger partial charge < -0.3 is 14.4 Å². The maximum Gasteiger partial charge on any atom is 0.188 e. The molecule has 11 heteroatoms. The van der Waals surface area contributed by atoms with Crippen LogP contribution < -0.4 is 14.4 Å². The van der Waals surface area contributed by atoms with Crippen LogP contribution in [0.5, 0.6) is 11.5 Å². The molecule has 0 saturated carbocycles. The molecule has 0 radical (unpaired) electrons. The van der Waals surface area contributed by atoms with E-state index >= 15 is 4.39 Å². The summed E-state index contributed by atoms with van der Waals surface area (Å²) in [6.07, 6.45) is 7.22. The Morgan fingerprint density at radius 1 is 0.717 bits per heavy atom. The molecule has 0 N–H and O–H groups in total. The quantitative estimate of drug-likeness (QED) is 0.125. The number of fused-ring (bicyclic) bond motifs is 1. The molecule has 53 heavy (non-hydrogen) atoms. The van der Waals surface area contributed by atoms with Crippen LogP contribution in [0, 0.1) is 5.82 Å². The van der Waals surface area contributed by atoms with Crippen LogP contribution in [0.3, 0.4) is 0 Å². The van der Waals surface area contributed by atoms with E-state index in [4.69, 9.17) is 24.5 Å². The molecule has 4 aromatic carbocycles. The number of methoxy groups -OCH3 is 2. The second kappa shape index (κ2) is 14.0. The highest BCUT2D eigenvalue weighted by molar-refractivity contribution is 5.82. The highest BCUT2D eigenvalue weighted by atomic mass is 19.1. The SMILES string of the molecule is COc1cc(OC)c(F)c(N(Cc2ncn(C(c3ccccc3)(c3ccccc3)c3ccccc3)n2)c2ccc3ncc(-c4cnn(C)c4)cc3n2)c1. The first-order chi connectivity index (χ1) is 26.0. The molecular weight excluding hydrogens is 668 g/mol. The lowest BCUT2D eigenvalue weighted by atomic mass is 9.77. The van der Waals surface area contributed by atoms with Gasteiger partial charge in [-0.2, -0.15) is 10.2 Å². The van der Waals surface area contributed by atoms with E-state index in [1.165, 1.54) is 20.3 Å². The molecule has 0 bridgehead atoms. The predicted molar refractivity (Wildman–Crippen MR) is 202 cm³/mol. The van der Waals surface area contributed by atoms with Gasteiger partial charge >= 0.3 is 0 Å². The molecule has 0 saturated heterocycles. The molecule has 0 unspecified atom stereocenters. The summed E-state index contributed by atoms with van der Waals surface area (Å²) in [6, 6.07) is 39.5. The van der Waals surface area contributed by atoms with Crippen molar-refractivity contribution < 1.29 is 13.9 Å². The Kier molecular flexibility index (Phi) is 8.81. The van der Waals surface area contributed by atoms with Gasteiger partial charge in [-0.15, -0.1) is 0 Å². The second-order valence-corrected chi connectivity index (χ2v) is 12.5. The standard InChI is InChI=1S/C42H35FN8O2/c1-49-26-30(25-46-49)29-21-36-35(44-24-29)19-20-40(47-36)50(37-22-34(52-2)23-38(53-3)41(37)43)27-39-45-28-51(48-39)42(31-13-7-4-8-14-31,32-15-9-5-10-16-32)33-17-11-6-12-18-33/h4-26,28H,27H2,1-3H3. The monoisotopic (exact) mass is 702 g/mol. The molecule has 0 spiro atoms. The van der Waals surface area contributed by atoms with Gasteiger partial charge in [-0.1, -0.05) is 91.0 Å². The normalized spacial score (nSPS) is 11.5. The molecule has 0 aliphatic rings. The summed E-state index contributed by atoms with van der Waals surface area (Å²) >= 11 is 0. The summed E-state index contributed by atoms with van der Waals surface area (Å²) in [6.45, 7) is 0.0585. The van der Waals surface area contributed by atoms with Crippen LogP contribution in [0.25, 0.3) is 22.2 Å². The smallest absolute Gasteiger partial charge is 0.188 e. The van der Waals surface area contributed by atoms with Crippen LogP contribution in [0.4, 0.5) is 15.9 Å². The number of rotatable bonds is 11. The summed E-state index contributed by atoms with van der Waals surface area (Å²) in [7, 11) is 4.81. The number of halogens is 1. The van der Waals surface area contributed by atoms with E-state index in [0.717, 1.165) is 27.8 Å². The van der Waals surface area contributed by atoms with Crippen LogP contribution in [-0.2, 0) is 19.1 Å². The zero-order chi connectivity index (χ0) is 36.4. The van der Waals surface area contributed by atoms with Crippen molar-refractivity contribution in [3.05, 3.63) is 175 Å². The fourth-order valence-electron chi connectivity index (χ4n) is 6.79. The third-order valence-electron chi connectivity index (χ3n) is 9.33. The summed E-state index contributed by atoms with van der Waals surface area (Å²) < 4.78 is 31.0. The molecule has 8 rings (SSSR count). The van der Waals surface area contributed by atoms with E-state index in [-0.39, 0.29) is 18.0 Å². The molecule has 8 aromatic rings. The summed E-state index contributed by atoms with van der Waals surface area (Å²) in [5.41, 5.74) is 5.39. The number of nitrogens with zero attached hydrogens (tertiary/aromatic N) is 8. The van der Waals surface area contributed by atoms with Crippen molar-refractivity contribution in [2.75, 3.05) is 19.1 Å². The number of aromatic nitrogens is 7. The molecule has 0 amide bonds. The second-order valence-electron chi connectivity index (χ2n) is 12.5. The number of pyridine rings is 2. The van der Waals surface area contributed by atoms with Crippen LogP contribution in [0.1, 0.15) is 22.5 Å². The Morgan fingerprint density at radius 2 is 1.38 bits per heavy atom. The van der Waals surface area contributed by atoms with Crippen molar-refractivity contribution in [1.82, 2.24) is 34.5 Å². The number of benzene rings is 4. The van der Waals surface area contributed by atoms with E-state index in [1.807, 2.05) is 90.7 Å². The lowest BCUT2D eigenvalue weighted by Crippen LogP contribution is -2.38. The van der Waals surface area contributed by atoms with Gasteiger partial charge in [0, 0.05) is 42.7 Å². The van der Waals surface area contributed by atoms with E-state index in [2.05, 4.69) is 46.5 Å². The van der Waals surface area contributed by atoms with Gasteiger partial charge in [0.05, 0.1) is 43.7 Å². The number of hydrogen-bond acceptors (Lipinski definition) is 8. The van der Waals surface area contributed by atoms with Gasteiger partial charge in [-0.3, -0.25) is 9.67 Å². The molecule has 4 heterocycles. The zero-order valence-corrected chi connectivity index (χ0v) is 29.3. The summed E-state index contributed by atoms with van der Waals surface area (Å²) in [4.78, 5) is 16.3. The molecule has 0 aliphatic carbocycles. The number of aryl methyl sites for hydroxylation is 1. The Morgan fingerprint density at radius 3 is 1.96 bits per heavy atom. The van der Waals surface area contributed by atoms with E-state index in [9.17, 15) is 0 Å². The topological polar surface area (TPSA) is 96.0 Å². The van der Waals surface area contributed by atoms with Gasteiger partial charge in [0.1, 0.15) is 23.4 Å². The van der Waals surface area contributed by atoms with Crippen molar-refractivity contribution in [2.24, 2.45) is 7.05 Å². The molecule has 10 nitrogen and oxygen atoms in total. The average molecular weight is 703 g/mol. The first-order valence-electron chi connectivity index (χ1n) is 17.0. The maximum atomic E-state index is 16.4.